The van der Waals surface area contributed by atoms with Gasteiger partial charge in [0.2, 0.25) is 5.88 Å². The van der Waals surface area contributed by atoms with Crippen molar-refractivity contribution in [3.05, 3.63) is 23.9 Å². The maximum Gasteiger partial charge on any atom is 0.259 e. The monoisotopic (exact) mass is 247 g/mol. The van der Waals surface area contributed by atoms with Gasteiger partial charge in [-0.3, -0.25) is 4.79 Å². The third kappa shape index (κ3) is 2.41. The Balaban J connectivity index is 2.18. The van der Waals surface area contributed by atoms with Gasteiger partial charge >= 0.3 is 0 Å². The number of carbonyl (C=O) groups is 1. The zero-order valence-electron chi connectivity index (χ0n) is 10.00. The van der Waals surface area contributed by atoms with E-state index < -0.39 is 6.10 Å². The van der Waals surface area contributed by atoms with E-state index in [9.17, 15) is 4.79 Å². The van der Waals surface area contributed by atoms with Crippen molar-refractivity contribution in [2.24, 2.45) is 0 Å². The minimum Gasteiger partial charge on any atom is -0.480 e. The molecule has 1 aromatic heterocycles. The minimum absolute atomic E-state index is 0.191. The van der Waals surface area contributed by atoms with Crippen molar-refractivity contribution in [1.29, 1.82) is 5.26 Å². The Morgan fingerprint density at radius 1 is 1.72 bits per heavy atom. The molecule has 1 amide bonds. The van der Waals surface area contributed by atoms with E-state index in [-0.39, 0.29) is 12.5 Å². The molecule has 1 aromatic rings. The lowest BCUT2D eigenvalue weighted by atomic mass is 10.2. The largest absolute Gasteiger partial charge is 0.480 e. The van der Waals surface area contributed by atoms with Gasteiger partial charge in [0.1, 0.15) is 5.56 Å². The summed E-state index contributed by atoms with van der Waals surface area (Å²) in [6.07, 6.45) is 0.998. The fourth-order valence-electron chi connectivity index (χ4n) is 1.80. The SMILES string of the molecule is COc1ncccc1C(=O)N1CCOC(C#N)C1. The number of ether oxygens (including phenoxy) is 2. The highest BCUT2D eigenvalue weighted by molar-refractivity contribution is 5.96. The van der Waals surface area contributed by atoms with Gasteiger partial charge in [-0.2, -0.15) is 5.26 Å². The number of morpholine rings is 1. The molecule has 0 spiro atoms. The Morgan fingerprint density at radius 3 is 3.28 bits per heavy atom. The summed E-state index contributed by atoms with van der Waals surface area (Å²) in [6, 6.07) is 5.34. The van der Waals surface area contributed by atoms with Crippen molar-refractivity contribution < 1.29 is 14.3 Å². The van der Waals surface area contributed by atoms with Gasteiger partial charge in [-0.05, 0) is 12.1 Å². The maximum atomic E-state index is 12.3. The molecule has 0 bridgehead atoms. The van der Waals surface area contributed by atoms with Crippen LogP contribution in [0.25, 0.3) is 0 Å². The number of hydrogen-bond acceptors (Lipinski definition) is 5. The van der Waals surface area contributed by atoms with Gasteiger partial charge in [-0.15, -0.1) is 0 Å². The molecule has 6 nitrogen and oxygen atoms in total. The first-order valence-electron chi connectivity index (χ1n) is 5.55. The van der Waals surface area contributed by atoms with Crippen LogP contribution >= 0.6 is 0 Å². The van der Waals surface area contributed by atoms with E-state index in [1.807, 2.05) is 6.07 Å². The molecule has 0 radical (unpaired) electrons. The summed E-state index contributed by atoms with van der Waals surface area (Å²) < 4.78 is 10.3. The summed E-state index contributed by atoms with van der Waals surface area (Å²) >= 11 is 0. The summed E-state index contributed by atoms with van der Waals surface area (Å²) in [7, 11) is 1.47. The summed E-state index contributed by atoms with van der Waals surface area (Å²) in [5.74, 6) is 0.103. The van der Waals surface area contributed by atoms with Gasteiger partial charge < -0.3 is 14.4 Å². The summed E-state index contributed by atoms with van der Waals surface area (Å²) in [5.41, 5.74) is 0.401. The third-order valence-corrected chi connectivity index (χ3v) is 2.69. The number of amides is 1. The molecule has 2 heterocycles. The first-order valence-corrected chi connectivity index (χ1v) is 5.55. The number of nitriles is 1. The van der Waals surface area contributed by atoms with Crippen molar-refractivity contribution >= 4 is 5.91 Å². The summed E-state index contributed by atoms with van der Waals surface area (Å²) in [4.78, 5) is 17.8. The Hall–Kier alpha value is -2.13. The van der Waals surface area contributed by atoms with E-state index in [1.54, 1.807) is 23.2 Å². The fourth-order valence-corrected chi connectivity index (χ4v) is 1.80. The van der Waals surface area contributed by atoms with Crippen LogP contribution in [0, 0.1) is 11.3 Å². The molecule has 0 aliphatic carbocycles. The van der Waals surface area contributed by atoms with Crippen LogP contribution in [0.3, 0.4) is 0 Å². The number of rotatable bonds is 2. The van der Waals surface area contributed by atoms with E-state index in [1.165, 1.54) is 7.11 Å². The highest BCUT2D eigenvalue weighted by Gasteiger charge is 2.26. The smallest absolute Gasteiger partial charge is 0.259 e. The first kappa shape index (κ1) is 12.3. The second-order valence-corrected chi connectivity index (χ2v) is 3.80. The molecule has 1 saturated heterocycles. The van der Waals surface area contributed by atoms with Gasteiger partial charge in [0.15, 0.2) is 6.10 Å². The molecule has 18 heavy (non-hydrogen) atoms. The first-order chi connectivity index (χ1) is 8.76. The zero-order valence-corrected chi connectivity index (χ0v) is 10.00. The Kier molecular flexibility index (Phi) is 3.75. The molecule has 1 aliphatic heterocycles. The standard InChI is InChI=1S/C12H13N3O3/c1-17-11-10(3-2-4-14-11)12(16)15-5-6-18-9(7-13)8-15/h2-4,9H,5-6,8H2,1H3. The lowest BCUT2D eigenvalue weighted by Crippen LogP contribution is -2.45. The molecule has 1 atom stereocenters. The van der Waals surface area contributed by atoms with Gasteiger partial charge in [-0.1, -0.05) is 0 Å². The average Bonchev–Trinajstić information content (AvgIpc) is 2.46. The van der Waals surface area contributed by atoms with Crippen molar-refractivity contribution in [3.63, 3.8) is 0 Å². The molecule has 94 valence electrons. The van der Waals surface area contributed by atoms with Crippen LogP contribution < -0.4 is 4.74 Å². The predicted octanol–water partition coefficient (Wildman–Crippen LogP) is 0.455. The highest BCUT2D eigenvalue weighted by Crippen LogP contribution is 2.17. The quantitative estimate of drug-likeness (QED) is 0.758. The van der Waals surface area contributed by atoms with Crippen molar-refractivity contribution in [1.82, 2.24) is 9.88 Å². The van der Waals surface area contributed by atoms with Crippen molar-refractivity contribution in [3.8, 4) is 11.9 Å². The van der Waals surface area contributed by atoms with Crippen LogP contribution in [-0.4, -0.2) is 48.7 Å². The van der Waals surface area contributed by atoms with Gasteiger partial charge in [-0.25, -0.2) is 4.98 Å². The van der Waals surface area contributed by atoms with E-state index >= 15 is 0 Å². The molecule has 6 heteroatoms. The molecular formula is C12H13N3O3. The average molecular weight is 247 g/mol. The molecular weight excluding hydrogens is 234 g/mol. The Bertz CT molecular complexity index is 484. The topological polar surface area (TPSA) is 75.4 Å². The summed E-state index contributed by atoms with van der Waals surface area (Å²) in [5, 5.41) is 8.81. The van der Waals surface area contributed by atoms with E-state index in [0.717, 1.165) is 0 Å². The fraction of sp³-hybridized carbons (Fsp3) is 0.417. The lowest BCUT2D eigenvalue weighted by molar-refractivity contribution is 0.00330. The van der Waals surface area contributed by atoms with Gasteiger partial charge in [0.25, 0.3) is 5.91 Å². The van der Waals surface area contributed by atoms with Gasteiger partial charge in [0, 0.05) is 12.7 Å². The van der Waals surface area contributed by atoms with Crippen LogP contribution in [0.15, 0.2) is 18.3 Å². The molecule has 0 saturated carbocycles. The van der Waals surface area contributed by atoms with Gasteiger partial charge in [0.05, 0.1) is 26.3 Å². The van der Waals surface area contributed by atoms with E-state index in [0.29, 0.717) is 24.6 Å². The highest BCUT2D eigenvalue weighted by atomic mass is 16.5. The van der Waals surface area contributed by atoms with Crippen molar-refractivity contribution in [2.75, 3.05) is 26.8 Å². The molecule has 1 aliphatic rings. The van der Waals surface area contributed by atoms with Crippen molar-refractivity contribution in [2.45, 2.75) is 6.10 Å². The number of pyridine rings is 1. The van der Waals surface area contributed by atoms with Crippen LogP contribution in [0.1, 0.15) is 10.4 Å². The van der Waals surface area contributed by atoms with E-state index in [4.69, 9.17) is 14.7 Å². The summed E-state index contributed by atoms with van der Waals surface area (Å²) in [6.45, 7) is 1.11. The van der Waals surface area contributed by atoms with Crippen LogP contribution in [0.2, 0.25) is 0 Å². The zero-order chi connectivity index (χ0) is 13.0. The molecule has 0 aromatic carbocycles. The molecule has 1 unspecified atom stereocenters. The van der Waals surface area contributed by atoms with Crippen LogP contribution in [0.5, 0.6) is 5.88 Å². The maximum absolute atomic E-state index is 12.3. The van der Waals surface area contributed by atoms with E-state index in [2.05, 4.69) is 4.98 Å². The number of carbonyl (C=O) groups excluding carboxylic acids is 1. The number of methoxy groups -OCH3 is 1. The number of nitrogens with zero attached hydrogens (tertiary/aromatic N) is 3. The molecule has 0 N–H and O–H groups in total. The Morgan fingerprint density at radius 2 is 2.56 bits per heavy atom. The normalized spacial score (nSPS) is 19.1. The van der Waals surface area contributed by atoms with Crippen LogP contribution in [-0.2, 0) is 4.74 Å². The number of hydrogen-bond donors (Lipinski definition) is 0. The number of aromatic nitrogens is 1. The Labute approximate surface area is 105 Å². The molecule has 2 rings (SSSR count). The molecule has 1 fully saturated rings. The minimum atomic E-state index is -0.564. The van der Waals surface area contributed by atoms with Crippen LogP contribution in [0.4, 0.5) is 0 Å². The third-order valence-electron chi connectivity index (χ3n) is 2.69. The second kappa shape index (κ2) is 5.47. The second-order valence-electron chi connectivity index (χ2n) is 3.80. The predicted molar refractivity (Wildman–Crippen MR) is 62.0 cm³/mol. The lowest BCUT2D eigenvalue weighted by Gasteiger charge is -2.29.